The normalized spacial score (nSPS) is 12.2. The molecule has 21 heavy (non-hydrogen) atoms. The molecule has 5 nitrogen and oxygen atoms in total. The lowest BCUT2D eigenvalue weighted by Crippen LogP contribution is -2.39. The van der Waals surface area contributed by atoms with Crippen molar-refractivity contribution in [3.63, 3.8) is 0 Å². The number of hydrogen-bond acceptors (Lipinski definition) is 4. The summed E-state index contributed by atoms with van der Waals surface area (Å²) in [6.45, 7) is 10.5. The number of nitrogens with zero attached hydrogens (tertiary/aromatic N) is 3. The highest BCUT2D eigenvalue weighted by Gasteiger charge is 2.15. The Hall–Kier alpha value is -1.59. The molecule has 0 bridgehead atoms. The SMILES string of the molecule is CC(C)N(CCn1c(CO)nc2cc(N)ccc21)C(C)C. The summed E-state index contributed by atoms with van der Waals surface area (Å²) in [6.07, 6.45) is 0. The predicted octanol–water partition coefficient (Wildman–Crippen LogP) is 2.23. The minimum Gasteiger partial charge on any atom is -0.399 e. The van der Waals surface area contributed by atoms with Gasteiger partial charge < -0.3 is 15.4 Å². The first-order valence-corrected chi connectivity index (χ1v) is 7.55. The summed E-state index contributed by atoms with van der Waals surface area (Å²) in [5, 5.41) is 9.54. The molecule has 0 aliphatic carbocycles. The second kappa shape index (κ2) is 6.45. The minimum atomic E-state index is -0.0576. The average molecular weight is 290 g/mol. The van der Waals surface area contributed by atoms with Crippen LogP contribution in [-0.2, 0) is 13.2 Å². The summed E-state index contributed by atoms with van der Waals surface area (Å²) in [5.74, 6) is 0.697. The molecule has 0 saturated heterocycles. The lowest BCUT2D eigenvalue weighted by molar-refractivity contribution is 0.166. The molecule has 116 valence electrons. The quantitative estimate of drug-likeness (QED) is 0.801. The topological polar surface area (TPSA) is 67.3 Å². The standard InChI is InChI=1S/C16H26N4O/c1-11(2)19(12(3)4)7-8-20-15-6-5-13(17)9-14(15)18-16(20)10-21/h5-6,9,11-12,21H,7-8,10,17H2,1-4H3. The zero-order valence-corrected chi connectivity index (χ0v) is 13.4. The van der Waals surface area contributed by atoms with Gasteiger partial charge in [-0.15, -0.1) is 0 Å². The number of nitrogen functional groups attached to an aromatic ring is 1. The highest BCUT2D eigenvalue weighted by Crippen LogP contribution is 2.19. The third-order valence-corrected chi connectivity index (χ3v) is 3.90. The highest BCUT2D eigenvalue weighted by molar-refractivity contribution is 5.79. The van der Waals surface area contributed by atoms with Crippen LogP contribution < -0.4 is 5.73 Å². The Labute approximate surface area is 126 Å². The van der Waals surface area contributed by atoms with Gasteiger partial charge in [0.05, 0.1) is 11.0 Å². The lowest BCUT2D eigenvalue weighted by Gasteiger charge is -2.30. The molecule has 2 aromatic rings. The van der Waals surface area contributed by atoms with E-state index in [1.165, 1.54) is 0 Å². The van der Waals surface area contributed by atoms with E-state index in [0.717, 1.165) is 24.1 Å². The van der Waals surface area contributed by atoms with Crippen LogP contribution in [-0.4, -0.2) is 38.2 Å². The molecule has 0 aliphatic heterocycles. The van der Waals surface area contributed by atoms with E-state index in [2.05, 4.69) is 42.1 Å². The number of rotatable bonds is 6. The van der Waals surface area contributed by atoms with Gasteiger partial charge in [-0.1, -0.05) is 0 Å². The summed E-state index contributed by atoms with van der Waals surface area (Å²) in [5.41, 5.74) is 8.38. The van der Waals surface area contributed by atoms with E-state index < -0.39 is 0 Å². The van der Waals surface area contributed by atoms with Crippen LogP contribution in [0.5, 0.6) is 0 Å². The molecule has 0 aliphatic rings. The van der Waals surface area contributed by atoms with Crippen molar-refractivity contribution in [2.75, 3.05) is 12.3 Å². The van der Waals surface area contributed by atoms with E-state index in [0.29, 0.717) is 23.6 Å². The number of fused-ring (bicyclic) bond motifs is 1. The molecular formula is C16H26N4O. The van der Waals surface area contributed by atoms with Gasteiger partial charge >= 0.3 is 0 Å². The van der Waals surface area contributed by atoms with Crippen LogP contribution in [0.25, 0.3) is 11.0 Å². The molecule has 3 N–H and O–H groups in total. The molecule has 5 heteroatoms. The van der Waals surface area contributed by atoms with Crippen LogP contribution >= 0.6 is 0 Å². The first-order valence-electron chi connectivity index (χ1n) is 7.55. The molecule has 0 saturated carbocycles. The minimum absolute atomic E-state index is 0.0576. The van der Waals surface area contributed by atoms with Crippen molar-refractivity contribution in [3.05, 3.63) is 24.0 Å². The smallest absolute Gasteiger partial charge is 0.135 e. The zero-order valence-electron chi connectivity index (χ0n) is 13.4. The Kier molecular flexibility index (Phi) is 4.85. The number of aliphatic hydroxyl groups is 1. The van der Waals surface area contributed by atoms with Gasteiger partial charge in [-0.3, -0.25) is 4.90 Å². The number of hydrogen-bond donors (Lipinski definition) is 2. The maximum absolute atomic E-state index is 9.54. The third-order valence-electron chi connectivity index (χ3n) is 3.90. The second-order valence-electron chi connectivity index (χ2n) is 6.01. The van der Waals surface area contributed by atoms with Gasteiger partial charge in [0, 0.05) is 30.9 Å². The molecule has 1 aromatic heterocycles. The Balaban J connectivity index is 2.28. The van der Waals surface area contributed by atoms with E-state index in [1.54, 1.807) is 0 Å². The fourth-order valence-corrected chi connectivity index (χ4v) is 2.90. The molecule has 1 heterocycles. The van der Waals surface area contributed by atoms with E-state index in [4.69, 9.17) is 5.73 Å². The van der Waals surface area contributed by atoms with Gasteiger partial charge in [0.1, 0.15) is 12.4 Å². The van der Waals surface area contributed by atoms with Gasteiger partial charge in [0.2, 0.25) is 0 Å². The van der Waals surface area contributed by atoms with Crippen molar-refractivity contribution in [3.8, 4) is 0 Å². The van der Waals surface area contributed by atoms with Crippen molar-refractivity contribution >= 4 is 16.7 Å². The second-order valence-corrected chi connectivity index (χ2v) is 6.01. The molecule has 0 amide bonds. The molecular weight excluding hydrogens is 264 g/mol. The van der Waals surface area contributed by atoms with E-state index in [9.17, 15) is 5.11 Å². The van der Waals surface area contributed by atoms with E-state index >= 15 is 0 Å². The van der Waals surface area contributed by atoms with Crippen LogP contribution in [0, 0.1) is 0 Å². The Morgan fingerprint density at radius 1 is 1.24 bits per heavy atom. The number of imidazole rings is 1. The summed E-state index contributed by atoms with van der Waals surface area (Å²) < 4.78 is 2.09. The summed E-state index contributed by atoms with van der Waals surface area (Å²) in [4.78, 5) is 6.91. The van der Waals surface area contributed by atoms with Crippen molar-refractivity contribution in [1.29, 1.82) is 0 Å². The Morgan fingerprint density at radius 2 is 1.90 bits per heavy atom. The number of aromatic nitrogens is 2. The van der Waals surface area contributed by atoms with Crippen LogP contribution in [0.15, 0.2) is 18.2 Å². The first-order chi connectivity index (χ1) is 9.93. The molecule has 0 atom stereocenters. The average Bonchev–Trinajstić information content (AvgIpc) is 2.75. The van der Waals surface area contributed by atoms with Gasteiger partial charge in [-0.05, 0) is 45.9 Å². The monoisotopic (exact) mass is 290 g/mol. The summed E-state index contributed by atoms with van der Waals surface area (Å²) in [7, 11) is 0. The first kappa shape index (κ1) is 15.8. The number of nitrogens with two attached hydrogens (primary N) is 1. The fraction of sp³-hybridized carbons (Fsp3) is 0.562. The third kappa shape index (κ3) is 3.36. The summed E-state index contributed by atoms with van der Waals surface area (Å²) in [6, 6.07) is 6.70. The van der Waals surface area contributed by atoms with Crippen molar-refractivity contribution in [2.45, 2.75) is 52.9 Å². The van der Waals surface area contributed by atoms with Crippen LogP contribution in [0.2, 0.25) is 0 Å². The van der Waals surface area contributed by atoms with Gasteiger partial charge in [-0.25, -0.2) is 4.98 Å². The zero-order chi connectivity index (χ0) is 15.6. The number of anilines is 1. The molecule has 0 unspecified atom stereocenters. The predicted molar refractivity (Wildman–Crippen MR) is 87.0 cm³/mol. The molecule has 2 rings (SSSR count). The fourth-order valence-electron chi connectivity index (χ4n) is 2.90. The van der Waals surface area contributed by atoms with Gasteiger partial charge in [-0.2, -0.15) is 0 Å². The highest BCUT2D eigenvalue weighted by atomic mass is 16.3. The number of aliphatic hydroxyl groups excluding tert-OH is 1. The van der Waals surface area contributed by atoms with E-state index in [-0.39, 0.29) is 6.61 Å². The maximum Gasteiger partial charge on any atom is 0.135 e. The van der Waals surface area contributed by atoms with Gasteiger partial charge in [0.25, 0.3) is 0 Å². The molecule has 0 fully saturated rings. The van der Waals surface area contributed by atoms with Crippen molar-refractivity contribution in [1.82, 2.24) is 14.5 Å². The molecule has 0 radical (unpaired) electrons. The van der Waals surface area contributed by atoms with E-state index in [1.807, 2.05) is 18.2 Å². The van der Waals surface area contributed by atoms with Crippen LogP contribution in [0.1, 0.15) is 33.5 Å². The Morgan fingerprint density at radius 3 is 2.48 bits per heavy atom. The largest absolute Gasteiger partial charge is 0.399 e. The van der Waals surface area contributed by atoms with Crippen LogP contribution in [0.3, 0.4) is 0 Å². The maximum atomic E-state index is 9.54. The molecule has 1 aromatic carbocycles. The van der Waals surface area contributed by atoms with Crippen LogP contribution in [0.4, 0.5) is 5.69 Å². The molecule has 0 spiro atoms. The lowest BCUT2D eigenvalue weighted by atomic mass is 10.2. The number of benzene rings is 1. The van der Waals surface area contributed by atoms with Crippen molar-refractivity contribution in [2.24, 2.45) is 0 Å². The Bertz CT molecular complexity index is 596. The van der Waals surface area contributed by atoms with Gasteiger partial charge in [0.15, 0.2) is 0 Å². The van der Waals surface area contributed by atoms with Crippen molar-refractivity contribution < 1.29 is 5.11 Å². The summed E-state index contributed by atoms with van der Waals surface area (Å²) >= 11 is 0.